The molecule has 0 fully saturated rings. The summed E-state index contributed by atoms with van der Waals surface area (Å²) in [5, 5.41) is 4.69. The first-order chi connectivity index (χ1) is 15.4. The molecule has 160 valence electrons. The molecular weight excluding hydrogens is 426 g/mol. The maximum atomic E-state index is 13.2. The van der Waals surface area contributed by atoms with Crippen LogP contribution in [0.15, 0.2) is 93.5 Å². The van der Waals surface area contributed by atoms with Crippen molar-refractivity contribution in [2.45, 2.75) is 16.5 Å². The van der Waals surface area contributed by atoms with E-state index in [-0.39, 0.29) is 28.1 Å². The molecule has 3 heterocycles. The van der Waals surface area contributed by atoms with Crippen molar-refractivity contribution < 1.29 is 17.6 Å². The van der Waals surface area contributed by atoms with Crippen LogP contribution in [0.4, 0.5) is 0 Å². The number of nitrogens with one attached hydrogen (secondary N) is 1. The lowest BCUT2D eigenvalue weighted by Crippen LogP contribution is -2.22. The Labute approximate surface area is 184 Å². The second kappa shape index (κ2) is 7.65. The fourth-order valence-electron chi connectivity index (χ4n) is 3.69. The molecule has 3 aromatic heterocycles. The number of aryl methyl sites for hydroxylation is 1. The number of nitrogens with zero attached hydrogens (tertiary/aromatic N) is 2. The minimum Gasteiger partial charge on any atom is -0.449 e. The number of pyridine rings is 1. The normalized spacial score (nSPS) is 11.8. The Kier molecular flexibility index (Phi) is 4.79. The third kappa shape index (κ3) is 3.44. The molecule has 32 heavy (non-hydrogen) atoms. The molecule has 5 aromatic rings. The van der Waals surface area contributed by atoms with Crippen LogP contribution in [0.25, 0.3) is 21.9 Å². The van der Waals surface area contributed by atoms with E-state index in [1.165, 1.54) is 0 Å². The van der Waals surface area contributed by atoms with Crippen LogP contribution in [0.3, 0.4) is 0 Å². The number of hydrogen-bond donors (Lipinski definition) is 1. The number of benzene rings is 2. The molecule has 1 N–H and O–H groups in total. The van der Waals surface area contributed by atoms with Gasteiger partial charge in [-0.3, -0.25) is 9.78 Å². The molecule has 0 radical (unpaired) electrons. The zero-order valence-electron chi connectivity index (χ0n) is 17.1. The van der Waals surface area contributed by atoms with Crippen molar-refractivity contribution in [3.05, 3.63) is 90.4 Å². The lowest BCUT2D eigenvalue weighted by Gasteiger charge is -2.08. The van der Waals surface area contributed by atoms with Gasteiger partial charge in [0, 0.05) is 36.1 Å². The Balaban J connectivity index is 1.33. The number of hydrogen-bond acceptors (Lipinski definition) is 5. The van der Waals surface area contributed by atoms with Crippen molar-refractivity contribution in [1.29, 1.82) is 0 Å². The number of aromatic nitrogens is 2. The average Bonchev–Trinajstić information content (AvgIpc) is 3.40. The van der Waals surface area contributed by atoms with Crippen molar-refractivity contribution in [2.24, 2.45) is 7.05 Å². The molecule has 1 amide bonds. The van der Waals surface area contributed by atoms with Gasteiger partial charge in [0.15, 0.2) is 11.3 Å². The van der Waals surface area contributed by atoms with Gasteiger partial charge in [0.05, 0.1) is 11.1 Å². The highest BCUT2D eigenvalue weighted by Gasteiger charge is 2.22. The van der Waals surface area contributed by atoms with Crippen molar-refractivity contribution in [3.63, 3.8) is 0 Å². The van der Waals surface area contributed by atoms with Gasteiger partial charge in [-0.2, -0.15) is 0 Å². The highest BCUT2D eigenvalue weighted by atomic mass is 32.2. The summed E-state index contributed by atoms with van der Waals surface area (Å²) in [7, 11) is -1.94. The second-order valence-corrected chi connectivity index (χ2v) is 9.35. The third-order valence-electron chi connectivity index (χ3n) is 5.42. The molecule has 0 aliphatic heterocycles. The van der Waals surface area contributed by atoms with Gasteiger partial charge < -0.3 is 14.3 Å². The van der Waals surface area contributed by atoms with Gasteiger partial charge in [0.2, 0.25) is 9.84 Å². The number of sulfone groups is 1. The predicted octanol–water partition coefficient (Wildman–Crippen LogP) is 4.08. The van der Waals surface area contributed by atoms with Gasteiger partial charge >= 0.3 is 0 Å². The van der Waals surface area contributed by atoms with Gasteiger partial charge in [-0.25, -0.2) is 8.42 Å². The highest BCUT2D eigenvalue weighted by Crippen LogP contribution is 2.27. The summed E-state index contributed by atoms with van der Waals surface area (Å²) in [6.07, 6.45) is 3.19. The largest absolute Gasteiger partial charge is 0.449 e. The summed E-state index contributed by atoms with van der Waals surface area (Å²) in [5.74, 6) is -0.156. The summed E-state index contributed by atoms with van der Waals surface area (Å²) in [6.45, 7) is 0.239. The predicted molar refractivity (Wildman–Crippen MR) is 120 cm³/mol. The average molecular weight is 446 g/mol. The van der Waals surface area contributed by atoms with Crippen LogP contribution in [-0.4, -0.2) is 23.9 Å². The number of amides is 1. The number of carbonyl (C=O) groups excluding carboxylic acids is 1. The van der Waals surface area contributed by atoms with E-state index >= 15 is 0 Å². The van der Waals surface area contributed by atoms with Crippen LogP contribution in [0.1, 0.15) is 16.1 Å². The first kappa shape index (κ1) is 20.0. The number of carbonyl (C=O) groups is 1. The quantitative estimate of drug-likeness (QED) is 0.440. The van der Waals surface area contributed by atoms with Gasteiger partial charge in [0.25, 0.3) is 5.91 Å². The van der Waals surface area contributed by atoms with Crippen LogP contribution in [0, 0.1) is 0 Å². The van der Waals surface area contributed by atoms with E-state index < -0.39 is 9.84 Å². The molecule has 5 rings (SSSR count). The first-order valence-electron chi connectivity index (χ1n) is 9.94. The molecule has 7 nitrogen and oxygen atoms in total. The fraction of sp³-hybridized carbons (Fsp3) is 0.0833. The molecule has 0 aliphatic rings. The summed E-state index contributed by atoms with van der Waals surface area (Å²) in [5.41, 5.74) is 2.17. The Morgan fingerprint density at radius 1 is 1.03 bits per heavy atom. The Morgan fingerprint density at radius 3 is 2.56 bits per heavy atom. The molecule has 2 aromatic carbocycles. The van der Waals surface area contributed by atoms with Gasteiger partial charge in [-0.05, 0) is 42.0 Å². The molecule has 0 spiro atoms. The first-order valence-corrected chi connectivity index (χ1v) is 11.4. The summed E-state index contributed by atoms with van der Waals surface area (Å²) in [4.78, 5) is 16.6. The molecule has 0 atom stereocenters. The van der Waals surface area contributed by atoms with E-state index in [2.05, 4.69) is 10.3 Å². The van der Waals surface area contributed by atoms with Gasteiger partial charge in [-0.15, -0.1) is 0 Å². The topological polar surface area (TPSA) is 94.2 Å². The van der Waals surface area contributed by atoms with Crippen LogP contribution >= 0.6 is 0 Å². The van der Waals surface area contributed by atoms with E-state index in [1.807, 2.05) is 24.3 Å². The van der Waals surface area contributed by atoms with Crippen molar-refractivity contribution in [1.82, 2.24) is 14.9 Å². The van der Waals surface area contributed by atoms with E-state index in [0.29, 0.717) is 5.58 Å². The number of para-hydroxylation sites is 1. The smallest absolute Gasteiger partial charge is 0.287 e. The Morgan fingerprint density at radius 2 is 1.81 bits per heavy atom. The summed E-state index contributed by atoms with van der Waals surface area (Å²) in [6, 6.07) is 19.1. The minimum atomic E-state index is -3.68. The van der Waals surface area contributed by atoms with E-state index in [1.54, 1.807) is 66.5 Å². The Hall–Kier alpha value is -3.91. The number of rotatable bonds is 5. The highest BCUT2D eigenvalue weighted by molar-refractivity contribution is 7.91. The Bertz CT molecular complexity index is 1530. The van der Waals surface area contributed by atoms with Crippen LogP contribution in [-0.2, 0) is 23.4 Å². The van der Waals surface area contributed by atoms with E-state index in [4.69, 9.17) is 4.42 Å². The number of fused-ring (bicyclic) bond motifs is 2. The third-order valence-corrected chi connectivity index (χ3v) is 7.25. The minimum absolute atomic E-state index is 0.197. The van der Waals surface area contributed by atoms with E-state index in [9.17, 15) is 13.2 Å². The van der Waals surface area contributed by atoms with Crippen LogP contribution < -0.4 is 5.32 Å². The lowest BCUT2D eigenvalue weighted by molar-refractivity contribution is 0.0925. The molecule has 0 unspecified atom stereocenters. The number of furan rings is 1. The van der Waals surface area contributed by atoms with Gasteiger partial charge in [0.1, 0.15) is 5.03 Å². The van der Waals surface area contributed by atoms with Crippen LogP contribution in [0.2, 0.25) is 0 Å². The molecule has 0 saturated heterocycles. The molecule has 0 aliphatic carbocycles. The van der Waals surface area contributed by atoms with Crippen molar-refractivity contribution >= 4 is 37.6 Å². The lowest BCUT2D eigenvalue weighted by atomic mass is 10.2. The summed E-state index contributed by atoms with van der Waals surface area (Å²) >= 11 is 0. The molecule has 8 heteroatoms. The fourth-order valence-corrected chi connectivity index (χ4v) is 5.17. The maximum absolute atomic E-state index is 13.2. The van der Waals surface area contributed by atoms with Crippen LogP contribution in [0.5, 0.6) is 0 Å². The molecular formula is C24H19N3O4S. The maximum Gasteiger partial charge on any atom is 0.287 e. The monoisotopic (exact) mass is 445 g/mol. The SMILES string of the molecule is Cn1c(S(=O)(=O)c2ccc(CNC(=O)c3cc4ccncc4o3)cc2)cc2ccccc21. The van der Waals surface area contributed by atoms with Crippen molar-refractivity contribution in [2.75, 3.05) is 0 Å². The van der Waals surface area contributed by atoms with Crippen molar-refractivity contribution in [3.8, 4) is 0 Å². The summed E-state index contributed by atoms with van der Waals surface area (Å²) < 4.78 is 33.5. The molecule has 0 saturated carbocycles. The zero-order chi connectivity index (χ0) is 22.3. The standard InChI is InChI=1S/C24H19N3O4S/c1-27-20-5-3-2-4-17(20)13-23(27)32(29,30)19-8-6-16(7-9-19)14-26-24(28)21-12-18-10-11-25-15-22(18)31-21/h2-13,15H,14H2,1H3,(H,26,28). The zero-order valence-corrected chi connectivity index (χ0v) is 18.0. The van der Waals surface area contributed by atoms with E-state index in [0.717, 1.165) is 21.9 Å². The second-order valence-electron chi connectivity index (χ2n) is 7.45. The molecule has 0 bridgehead atoms. The van der Waals surface area contributed by atoms with Gasteiger partial charge in [-0.1, -0.05) is 30.3 Å².